The third kappa shape index (κ3) is 5.00. The van der Waals surface area contributed by atoms with Crippen LogP contribution in [0.2, 0.25) is 0 Å². The van der Waals surface area contributed by atoms with Crippen LogP contribution in [-0.2, 0) is 4.79 Å². The Hall–Kier alpha value is -3.82. The molecule has 4 rings (SSSR count). The molecule has 1 amide bonds. The van der Waals surface area contributed by atoms with E-state index in [1.165, 1.54) is 18.6 Å². The number of non-ortho nitro benzene ring substituents is 1. The van der Waals surface area contributed by atoms with E-state index in [2.05, 4.69) is 10.5 Å². The third-order valence-electron chi connectivity index (χ3n) is 6.32. The first-order valence-corrected chi connectivity index (χ1v) is 11.1. The van der Waals surface area contributed by atoms with E-state index in [4.69, 9.17) is 0 Å². The summed E-state index contributed by atoms with van der Waals surface area (Å²) >= 11 is 0. The molecule has 0 bridgehead atoms. The van der Waals surface area contributed by atoms with Crippen molar-refractivity contribution in [2.75, 3.05) is 12.0 Å². The molecule has 2 fully saturated rings. The van der Waals surface area contributed by atoms with Crippen molar-refractivity contribution in [3.8, 4) is 0 Å². The Morgan fingerprint density at radius 3 is 2.39 bits per heavy atom. The highest BCUT2D eigenvalue weighted by Gasteiger charge is 2.37. The van der Waals surface area contributed by atoms with Crippen molar-refractivity contribution in [2.24, 2.45) is 11.0 Å². The van der Waals surface area contributed by atoms with Crippen molar-refractivity contribution in [2.45, 2.75) is 44.6 Å². The second-order valence-corrected chi connectivity index (χ2v) is 8.43. The van der Waals surface area contributed by atoms with Crippen LogP contribution >= 0.6 is 0 Å². The number of hydrogen-bond donors (Lipinski definition) is 1. The van der Waals surface area contributed by atoms with Gasteiger partial charge in [-0.3, -0.25) is 30.4 Å². The van der Waals surface area contributed by atoms with Gasteiger partial charge in [0.15, 0.2) is 0 Å². The molecule has 0 spiro atoms. The van der Waals surface area contributed by atoms with Crippen molar-refractivity contribution in [1.29, 1.82) is 0 Å². The van der Waals surface area contributed by atoms with E-state index >= 15 is 0 Å². The van der Waals surface area contributed by atoms with E-state index in [-0.39, 0.29) is 29.2 Å². The molecule has 1 atom stereocenters. The lowest BCUT2D eigenvalue weighted by atomic mass is 9.94. The quantitative estimate of drug-likeness (QED) is 0.375. The summed E-state index contributed by atoms with van der Waals surface area (Å²) in [6.45, 7) is 0.557. The minimum absolute atomic E-state index is 0.0486. The zero-order valence-corrected chi connectivity index (χ0v) is 18.1. The van der Waals surface area contributed by atoms with Crippen LogP contribution < -0.4 is 5.43 Å². The van der Waals surface area contributed by atoms with Crippen LogP contribution in [0.3, 0.4) is 0 Å². The van der Waals surface area contributed by atoms with E-state index in [0.29, 0.717) is 18.7 Å². The van der Waals surface area contributed by atoms with Gasteiger partial charge in [-0.2, -0.15) is 5.10 Å². The molecule has 1 N–H and O–H groups in total. The fourth-order valence-corrected chi connectivity index (χ4v) is 4.66. The number of benzene rings is 2. The summed E-state index contributed by atoms with van der Waals surface area (Å²) in [6, 6.07) is 13.0. The van der Waals surface area contributed by atoms with Crippen molar-refractivity contribution in [3.63, 3.8) is 0 Å². The molecule has 33 heavy (non-hydrogen) atoms. The Bertz CT molecular complexity index is 1080. The van der Waals surface area contributed by atoms with Crippen molar-refractivity contribution in [3.05, 3.63) is 74.3 Å². The van der Waals surface area contributed by atoms with Gasteiger partial charge in [-0.15, -0.1) is 0 Å². The molecular weight excluding hydrogens is 426 g/mol. The maximum atomic E-state index is 12.8. The largest absolute Gasteiger partial charge is 0.339 e. The Morgan fingerprint density at radius 1 is 1.00 bits per heavy atom. The molecule has 10 heteroatoms. The van der Waals surface area contributed by atoms with Crippen LogP contribution in [0.15, 0.2) is 53.6 Å². The van der Waals surface area contributed by atoms with E-state index in [9.17, 15) is 25.0 Å². The highest BCUT2D eigenvalue weighted by atomic mass is 16.6. The van der Waals surface area contributed by atoms with Crippen LogP contribution in [0.25, 0.3) is 0 Å². The maximum Gasteiger partial charge on any atom is 0.301 e. The summed E-state index contributed by atoms with van der Waals surface area (Å²) in [5.41, 5.74) is 3.43. The third-order valence-corrected chi connectivity index (χ3v) is 6.32. The standard InChI is InChI=1S/C23H25N5O5/c29-22-13-17(15-26(22)18-9-5-2-6-10-18)23(16-7-3-1-4-8-16)25-24-20-12-11-19(27(30)31)14-21(20)28(32)33/h1,3-4,7-8,11-12,14,17-18,24H,2,5-6,9-10,13,15H2/b25-23+/t17-/m1/s1. The van der Waals surface area contributed by atoms with Gasteiger partial charge in [0.2, 0.25) is 5.91 Å². The number of nitrogens with one attached hydrogen (secondary N) is 1. The molecule has 0 radical (unpaired) electrons. The summed E-state index contributed by atoms with van der Waals surface area (Å²) in [4.78, 5) is 35.9. The summed E-state index contributed by atoms with van der Waals surface area (Å²) < 4.78 is 0. The second kappa shape index (κ2) is 9.76. The van der Waals surface area contributed by atoms with Gasteiger partial charge >= 0.3 is 5.69 Å². The molecule has 1 aliphatic carbocycles. The maximum absolute atomic E-state index is 12.8. The molecule has 2 aliphatic rings. The zero-order valence-electron chi connectivity index (χ0n) is 18.1. The predicted octanol–water partition coefficient (Wildman–Crippen LogP) is 4.50. The monoisotopic (exact) mass is 451 g/mol. The SMILES string of the molecule is O=C1C[C@@H](/C(=N/Nc2ccc([N+](=O)[O-])cc2[N+](=O)[O-])c2ccccc2)CN1C1CCCCC1. The summed E-state index contributed by atoms with van der Waals surface area (Å²) in [5.74, 6) is -0.0525. The molecular formula is C23H25N5O5. The molecule has 1 aliphatic heterocycles. The summed E-state index contributed by atoms with van der Waals surface area (Å²) in [6.07, 6.45) is 5.83. The van der Waals surface area contributed by atoms with Crippen LogP contribution in [0, 0.1) is 26.1 Å². The fourth-order valence-electron chi connectivity index (χ4n) is 4.66. The Morgan fingerprint density at radius 2 is 1.73 bits per heavy atom. The van der Waals surface area contributed by atoms with Crippen molar-refractivity contribution < 1.29 is 14.6 Å². The highest BCUT2D eigenvalue weighted by Crippen LogP contribution is 2.32. The van der Waals surface area contributed by atoms with Gasteiger partial charge in [0, 0.05) is 31.0 Å². The zero-order chi connectivity index (χ0) is 23.4. The Balaban J connectivity index is 1.63. The van der Waals surface area contributed by atoms with Gasteiger partial charge in [-0.1, -0.05) is 49.6 Å². The van der Waals surface area contributed by atoms with Gasteiger partial charge in [-0.25, -0.2) is 0 Å². The lowest BCUT2D eigenvalue weighted by Crippen LogP contribution is -2.38. The first kappa shape index (κ1) is 22.4. The van der Waals surface area contributed by atoms with Gasteiger partial charge in [0.05, 0.1) is 21.6 Å². The van der Waals surface area contributed by atoms with Crippen LogP contribution in [0.5, 0.6) is 0 Å². The molecule has 0 aromatic heterocycles. The molecule has 1 heterocycles. The fraction of sp³-hybridized carbons (Fsp3) is 0.391. The molecule has 2 aromatic rings. The molecule has 2 aromatic carbocycles. The molecule has 1 saturated heterocycles. The van der Waals surface area contributed by atoms with Crippen LogP contribution in [0.1, 0.15) is 44.1 Å². The highest BCUT2D eigenvalue weighted by molar-refractivity contribution is 6.05. The lowest BCUT2D eigenvalue weighted by Gasteiger charge is -2.31. The number of carbonyl (C=O) groups is 1. The lowest BCUT2D eigenvalue weighted by molar-refractivity contribution is -0.393. The number of carbonyl (C=O) groups excluding carboxylic acids is 1. The van der Waals surface area contributed by atoms with Crippen LogP contribution in [-0.4, -0.2) is 39.0 Å². The molecule has 1 saturated carbocycles. The van der Waals surface area contributed by atoms with Gasteiger partial charge in [-0.05, 0) is 24.5 Å². The molecule has 0 unspecified atom stereocenters. The topological polar surface area (TPSA) is 131 Å². The molecule has 10 nitrogen and oxygen atoms in total. The first-order valence-electron chi connectivity index (χ1n) is 11.1. The predicted molar refractivity (Wildman–Crippen MR) is 123 cm³/mol. The number of rotatable bonds is 7. The minimum atomic E-state index is -0.684. The minimum Gasteiger partial charge on any atom is -0.339 e. The smallest absolute Gasteiger partial charge is 0.301 e. The van der Waals surface area contributed by atoms with Crippen molar-refractivity contribution in [1.82, 2.24) is 4.90 Å². The van der Waals surface area contributed by atoms with E-state index in [1.807, 2.05) is 35.2 Å². The van der Waals surface area contributed by atoms with Gasteiger partial charge in [0.1, 0.15) is 5.69 Å². The second-order valence-electron chi connectivity index (χ2n) is 8.43. The number of amides is 1. The van der Waals surface area contributed by atoms with Gasteiger partial charge < -0.3 is 4.90 Å². The van der Waals surface area contributed by atoms with Gasteiger partial charge in [0.25, 0.3) is 5.69 Å². The first-order chi connectivity index (χ1) is 15.9. The number of hydrogen-bond acceptors (Lipinski definition) is 7. The number of nitro benzene ring substituents is 2. The molecule has 172 valence electrons. The summed E-state index contributed by atoms with van der Waals surface area (Å²) in [7, 11) is 0. The Labute approximate surface area is 190 Å². The van der Waals surface area contributed by atoms with Crippen LogP contribution in [0.4, 0.5) is 17.1 Å². The number of likely N-dealkylation sites (tertiary alicyclic amines) is 1. The van der Waals surface area contributed by atoms with E-state index in [0.717, 1.165) is 37.3 Å². The Kier molecular flexibility index (Phi) is 6.62. The number of nitro groups is 2. The average molecular weight is 451 g/mol. The van der Waals surface area contributed by atoms with E-state index in [1.54, 1.807) is 0 Å². The van der Waals surface area contributed by atoms with Crippen molar-refractivity contribution >= 4 is 28.7 Å². The van der Waals surface area contributed by atoms with E-state index < -0.39 is 15.5 Å². The number of nitrogens with zero attached hydrogens (tertiary/aromatic N) is 4. The normalized spacial score (nSPS) is 19.5. The number of anilines is 1. The summed E-state index contributed by atoms with van der Waals surface area (Å²) in [5, 5.41) is 27.0. The number of hydrazone groups is 1. The average Bonchev–Trinajstić information content (AvgIpc) is 3.21.